The van der Waals surface area contributed by atoms with E-state index in [9.17, 15) is 4.79 Å². The van der Waals surface area contributed by atoms with E-state index in [1.54, 1.807) is 24.1 Å². The van der Waals surface area contributed by atoms with Gasteiger partial charge in [0, 0.05) is 25.9 Å². The van der Waals surface area contributed by atoms with Gasteiger partial charge < -0.3 is 5.73 Å². The SMILES string of the molecule is CON(C)C(=O)c1cc(Cl)nc(-c2cnn(C)c2)c1N. The molecule has 0 aliphatic heterocycles. The topological polar surface area (TPSA) is 86.3 Å². The van der Waals surface area contributed by atoms with Gasteiger partial charge in [-0.15, -0.1) is 0 Å². The largest absolute Gasteiger partial charge is 0.396 e. The molecule has 0 saturated carbocycles. The van der Waals surface area contributed by atoms with Crippen molar-refractivity contribution < 1.29 is 9.63 Å². The van der Waals surface area contributed by atoms with Gasteiger partial charge in [0.05, 0.1) is 30.3 Å². The molecule has 8 heteroatoms. The van der Waals surface area contributed by atoms with Gasteiger partial charge in [0.1, 0.15) is 5.15 Å². The molecule has 0 aromatic carbocycles. The van der Waals surface area contributed by atoms with Gasteiger partial charge in [-0.3, -0.25) is 14.3 Å². The van der Waals surface area contributed by atoms with Gasteiger partial charge in [-0.2, -0.15) is 5.10 Å². The number of nitrogens with zero attached hydrogens (tertiary/aromatic N) is 4. The Labute approximate surface area is 120 Å². The number of nitrogens with two attached hydrogens (primary N) is 1. The zero-order valence-corrected chi connectivity index (χ0v) is 12.0. The van der Waals surface area contributed by atoms with E-state index in [4.69, 9.17) is 22.2 Å². The van der Waals surface area contributed by atoms with Crippen molar-refractivity contribution in [2.24, 2.45) is 7.05 Å². The molecule has 0 aliphatic rings. The second-order valence-corrected chi connectivity index (χ2v) is 4.53. The number of hydrogen-bond donors (Lipinski definition) is 1. The van der Waals surface area contributed by atoms with E-state index in [1.807, 2.05) is 0 Å². The van der Waals surface area contributed by atoms with Crippen molar-refractivity contribution in [2.45, 2.75) is 0 Å². The van der Waals surface area contributed by atoms with E-state index >= 15 is 0 Å². The van der Waals surface area contributed by atoms with Crippen LogP contribution in [0.4, 0.5) is 5.69 Å². The van der Waals surface area contributed by atoms with Gasteiger partial charge >= 0.3 is 0 Å². The Bertz CT molecular complexity index is 655. The van der Waals surface area contributed by atoms with Crippen LogP contribution < -0.4 is 5.73 Å². The fourth-order valence-electron chi connectivity index (χ4n) is 1.72. The molecule has 0 fully saturated rings. The molecule has 2 N–H and O–H groups in total. The molecule has 2 aromatic heterocycles. The lowest BCUT2D eigenvalue weighted by Gasteiger charge is -2.16. The van der Waals surface area contributed by atoms with Gasteiger partial charge in [-0.05, 0) is 6.07 Å². The van der Waals surface area contributed by atoms with Crippen molar-refractivity contribution in [3.8, 4) is 11.3 Å². The molecule has 2 rings (SSSR count). The zero-order valence-electron chi connectivity index (χ0n) is 11.3. The third-order valence-electron chi connectivity index (χ3n) is 2.80. The monoisotopic (exact) mass is 295 g/mol. The molecule has 0 bridgehead atoms. The highest BCUT2D eigenvalue weighted by Crippen LogP contribution is 2.29. The fourth-order valence-corrected chi connectivity index (χ4v) is 1.91. The summed E-state index contributed by atoms with van der Waals surface area (Å²) in [6, 6.07) is 1.41. The predicted octanol–water partition coefficient (Wildman–Crippen LogP) is 1.35. The summed E-state index contributed by atoms with van der Waals surface area (Å²) in [5, 5.41) is 5.28. The van der Waals surface area contributed by atoms with E-state index in [2.05, 4.69) is 10.1 Å². The number of hydrogen-bond acceptors (Lipinski definition) is 5. The molecule has 2 aromatic rings. The number of aryl methyl sites for hydroxylation is 1. The van der Waals surface area contributed by atoms with Gasteiger partial charge in [0.2, 0.25) is 0 Å². The molecule has 1 amide bonds. The van der Waals surface area contributed by atoms with Gasteiger partial charge in [-0.25, -0.2) is 10.0 Å². The number of amides is 1. The van der Waals surface area contributed by atoms with Gasteiger partial charge in [0.25, 0.3) is 5.91 Å². The second-order valence-electron chi connectivity index (χ2n) is 4.14. The fraction of sp³-hybridized carbons (Fsp3) is 0.250. The number of hydroxylamine groups is 2. The number of carbonyl (C=O) groups is 1. The number of aromatic nitrogens is 3. The van der Waals surface area contributed by atoms with Crippen LogP contribution in [0.1, 0.15) is 10.4 Å². The Balaban J connectivity index is 2.56. The predicted molar refractivity (Wildman–Crippen MR) is 75.0 cm³/mol. The third-order valence-corrected chi connectivity index (χ3v) is 2.99. The van der Waals surface area contributed by atoms with Crippen LogP contribution >= 0.6 is 11.6 Å². The van der Waals surface area contributed by atoms with Crippen molar-refractivity contribution in [1.29, 1.82) is 0 Å². The summed E-state index contributed by atoms with van der Waals surface area (Å²) in [5.41, 5.74) is 7.59. The van der Waals surface area contributed by atoms with Crippen LogP contribution in [0.15, 0.2) is 18.5 Å². The normalized spacial score (nSPS) is 10.6. The number of halogens is 1. The first-order chi connectivity index (χ1) is 9.43. The van der Waals surface area contributed by atoms with Gasteiger partial charge in [-0.1, -0.05) is 11.6 Å². The molecule has 106 valence electrons. The summed E-state index contributed by atoms with van der Waals surface area (Å²) in [5.74, 6) is -0.403. The summed E-state index contributed by atoms with van der Waals surface area (Å²) in [4.78, 5) is 21.2. The number of carbonyl (C=O) groups excluding carboxylic acids is 1. The molecule has 0 unspecified atom stereocenters. The Morgan fingerprint density at radius 1 is 1.55 bits per heavy atom. The highest BCUT2D eigenvalue weighted by Gasteiger charge is 2.20. The first-order valence-corrected chi connectivity index (χ1v) is 6.09. The Hall–Kier alpha value is -2.12. The van der Waals surface area contributed by atoms with Gasteiger partial charge in [0.15, 0.2) is 0 Å². The van der Waals surface area contributed by atoms with E-state index in [0.717, 1.165) is 5.06 Å². The summed E-state index contributed by atoms with van der Waals surface area (Å²) >= 11 is 5.97. The maximum atomic E-state index is 12.2. The average Bonchev–Trinajstić information content (AvgIpc) is 2.85. The van der Waals surface area contributed by atoms with Crippen LogP contribution in [0.5, 0.6) is 0 Å². The number of pyridine rings is 1. The minimum absolute atomic E-state index is 0.172. The van der Waals surface area contributed by atoms with E-state index in [-0.39, 0.29) is 16.4 Å². The molecular formula is C12H14ClN5O2. The lowest BCUT2D eigenvalue weighted by Crippen LogP contribution is -2.26. The highest BCUT2D eigenvalue weighted by molar-refractivity contribution is 6.30. The van der Waals surface area contributed by atoms with E-state index < -0.39 is 5.91 Å². The zero-order chi connectivity index (χ0) is 14.9. The third kappa shape index (κ3) is 2.59. The minimum Gasteiger partial charge on any atom is -0.396 e. The molecule has 0 saturated heterocycles. The Morgan fingerprint density at radius 2 is 2.25 bits per heavy atom. The van der Waals surface area contributed by atoms with Crippen LogP contribution in [0.3, 0.4) is 0 Å². The molecule has 0 radical (unpaired) electrons. The van der Waals surface area contributed by atoms with Crippen LogP contribution in [0.2, 0.25) is 5.15 Å². The summed E-state index contributed by atoms with van der Waals surface area (Å²) in [6.07, 6.45) is 3.34. The standard InChI is InChI=1S/C12H14ClN5O2/c1-17-6-7(5-15-17)11-10(14)8(4-9(13)16-11)12(19)18(2)20-3/h4-6H,14H2,1-3H3. The lowest BCUT2D eigenvalue weighted by atomic mass is 10.1. The van der Waals surface area contributed by atoms with Crippen molar-refractivity contribution in [2.75, 3.05) is 19.9 Å². The lowest BCUT2D eigenvalue weighted by molar-refractivity contribution is -0.0756. The van der Waals surface area contributed by atoms with Crippen LogP contribution in [-0.4, -0.2) is 39.9 Å². The molecule has 0 aliphatic carbocycles. The average molecular weight is 296 g/mol. The van der Waals surface area contributed by atoms with Crippen molar-refractivity contribution >= 4 is 23.2 Å². The minimum atomic E-state index is -0.403. The first kappa shape index (κ1) is 14.3. The quantitative estimate of drug-likeness (QED) is 0.682. The van der Waals surface area contributed by atoms with Crippen LogP contribution in [0, 0.1) is 0 Å². The molecule has 20 heavy (non-hydrogen) atoms. The van der Waals surface area contributed by atoms with Crippen LogP contribution in [-0.2, 0) is 11.9 Å². The highest BCUT2D eigenvalue weighted by atomic mass is 35.5. The Kier molecular flexibility index (Phi) is 3.91. The second kappa shape index (κ2) is 5.48. The molecule has 0 spiro atoms. The summed E-state index contributed by atoms with van der Waals surface area (Å²) < 4.78 is 1.61. The number of anilines is 1. The maximum Gasteiger partial charge on any atom is 0.279 e. The molecular weight excluding hydrogens is 282 g/mol. The first-order valence-electron chi connectivity index (χ1n) is 5.71. The number of nitrogen functional groups attached to an aromatic ring is 1. The molecule has 7 nitrogen and oxygen atoms in total. The van der Waals surface area contributed by atoms with Crippen molar-refractivity contribution in [1.82, 2.24) is 19.8 Å². The molecule has 2 heterocycles. The molecule has 0 atom stereocenters. The maximum absolute atomic E-state index is 12.2. The number of rotatable bonds is 3. The summed E-state index contributed by atoms with van der Waals surface area (Å²) in [6.45, 7) is 0. The van der Waals surface area contributed by atoms with Crippen molar-refractivity contribution in [3.63, 3.8) is 0 Å². The van der Waals surface area contributed by atoms with E-state index in [1.165, 1.54) is 20.2 Å². The Morgan fingerprint density at radius 3 is 2.80 bits per heavy atom. The van der Waals surface area contributed by atoms with Crippen molar-refractivity contribution in [3.05, 3.63) is 29.2 Å². The smallest absolute Gasteiger partial charge is 0.279 e. The summed E-state index contributed by atoms with van der Waals surface area (Å²) in [7, 11) is 4.65. The van der Waals surface area contributed by atoms with E-state index in [0.29, 0.717) is 11.3 Å². The van der Waals surface area contributed by atoms with Crippen LogP contribution in [0.25, 0.3) is 11.3 Å².